The number of piperidine rings is 1. The molecule has 0 aromatic carbocycles. The number of rotatable bonds is 5. The average Bonchev–Trinajstić information content (AvgIpc) is 2.23. The third-order valence-electron chi connectivity index (χ3n) is 4.29. The number of halogens is 2. The van der Waals surface area contributed by atoms with Gasteiger partial charge in [0.15, 0.2) is 0 Å². The van der Waals surface area contributed by atoms with E-state index in [1.54, 1.807) is 0 Å². The molecule has 0 aromatic rings. The number of nitrogens with one attached hydrogen (secondary N) is 1. The summed E-state index contributed by atoms with van der Waals surface area (Å²) >= 11 is 0. The monoisotopic (exact) mass is 246 g/mol. The molecular formula is C13H24F2N2. The number of nitrogens with zero attached hydrogens (tertiary/aromatic N) is 1. The SMILES string of the molecule is CCC1CC(NCC(F)F)CN(C2CCC2)C1. The van der Waals surface area contributed by atoms with Gasteiger partial charge >= 0.3 is 0 Å². The van der Waals surface area contributed by atoms with Gasteiger partial charge in [0.1, 0.15) is 0 Å². The largest absolute Gasteiger partial charge is 0.307 e. The van der Waals surface area contributed by atoms with Crippen LogP contribution in [0.3, 0.4) is 0 Å². The van der Waals surface area contributed by atoms with Crippen LogP contribution in [-0.2, 0) is 0 Å². The topological polar surface area (TPSA) is 15.3 Å². The molecule has 1 N–H and O–H groups in total. The smallest absolute Gasteiger partial charge is 0.250 e. The van der Waals surface area contributed by atoms with Crippen LogP contribution < -0.4 is 5.32 Å². The van der Waals surface area contributed by atoms with Gasteiger partial charge in [0.2, 0.25) is 0 Å². The standard InChI is InChI=1S/C13H24F2N2/c1-2-10-6-11(16-7-13(14)15)9-17(8-10)12-4-3-5-12/h10-13,16H,2-9H2,1H3. The van der Waals surface area contributed by atoms with E-state index in [9.17, 15) is 8.78 Å². The van der Waals surface area contributed by atoms with Gasteiger partial charge in [-0.1, -0.05) is 19.8 Å². The normalized spacial score (nSPS) is 31.8. The molecule has 1 heterocycles. The lowest BCUT2D eigenvalue weighted by Gasteiger charge is -2.45. The Kier molecular flexibility index (Phi) is 4.74. The quantitative estimate of drug-likeness (QED) is 0.802. The summed E-state index contributed by atoms with van der Waals surface area (Å²) in [6.07, 6.45) is 3.94. The van der Waals surface area contributed by atoms with E-state index in [0.29, 0.717) is 5.92 Å². The van der Waals surface area contributed by atoms with Crippen molar-refractivity contribution in [2.24, 2.45) is 5.92 Å². The zero-order valence-corrected chi connectivity index (χ0v) is 10.7. The highest BCUT2D eigenvalue weighted by Crippen LogP contribution is 2.30. The number of likely N-dealkylation sites (tertiary alicyclic amines) is 1. The third-order valence-corrected chi connectivity index (χ3v) is 4.29. The van der Waals surface area contributed by atoms with Gasteiger partial charge in [0.25, 0.3) is 6.43 Å². The molecule has 2 atom stereocenters. The molecule has 2 fully saturated rings. The van der Waals surface area contributed by atoms with E-state index in [-0.39, 0.29) is 12.6 Å². The summed E-state index contributed by atoms with van der Waals surface area (Å²) in [5.41, 5.74) is 0. The van der Waals surface area contributed by atoms with Crippen molar-refractivity contribution in [2.45, 2.75) is 57.5 Å². The van der Waals surface area contributed by atoms with E-state index in [1.165, 1.54) is 25.8 Å². The van der Waals surface area contributed by atoms with Crippen molar-refractivity contribution in [1.82, 2.24) is 10.2 Å². The molecule has 2 nitrogen and oxygen atoms in total. The lowest BCUT2D eigenvalue weighted by atomic mass is 9.85. The van der Waals surface area contributed by atoms with Crippen LogP contribution in [0.4, 0.5) is 8.78 Å². The van der Waals surface area contributed by atoms with E-state index in [2.05, 4.69) is 17.1 Å². The third kappa shape index (κ3) is 3.62. The minimum atomic E-state index is -2.23. The second-order valence-corrected chi connectivity index (χ2v) is 5.54. The maximum absolute atomic E-state index is 12.2. The van der Waals surface area contributed by atoms with Gasteiger partial charge in [-0.3, -0.25) is 4.90 Å². The fraction of sp³-hybridized carbons (Fsp3) is 1.00. The van der Waals surface area contributed by atoms with Gasteiger partial charge in [-0.25, -0.2) is 8.78 Å². The van der Waals surface area contributed by atoms with E-state index in [1.807, 2.05) is 0 Å². The highest BCUT2D eigenvalue weighted by Gasteiger charge is 2.33. The van der Waals surface area contributed by atoms with E-state index < -0.39 is 6.43 Å². The van der Waals surface area contributed by atoms with Gasteiger partial charge in [0.05, 0.1) is 6.54 Å². The van der Waals surface area contributed by atoms with Crippen LogP contribution in [0.15, 0.2) is 0 Å². The Bertz CT molecular complexity index is 231. The maximum atomic E-state index is 12.2. The zero-order chi connectivity index (χ0) is 12.3. The molecule has 1 saturated heterocycles. The van der Waals surface area contributed by atoms with Crippen molar-refractivity contribution in [3.63, 3.8) is 0 Å². The summed E-state index contributed by atoms with van der Waals surface area (Å²) < 4.78 is 24.5. The van der Waals surface area contributed by atoms with Crippen molar-refractivity contribution in [1.29, 1.82) is 0 Å². The van der Waals surface area contributed by atoms with Gasteiger partial charge in [-0.2, -0.15) is 0 Å². The maximum Gasteiger partial charge on any atom is 0.250 e. The second-order valence-electron chi connectivity index (χ2n) is 5.54. The van der Waals surface area contributed by atoms with Gasteiger partial charge in [-0.05, 0) is 25.2 Å². The van der Waals surface area contributed by atoms with Gasteiger partial charge < -0.3 is 5.32 Å². The number of hydrogen-bond acceptors (Lipinski definition) is 2. The molecule has 0 spiro atoms. The molecule has 0 aromatic heterocycles. The Hall–Kier alpha value is -0.220. The average molecular weight is 246 g/mol. The van der Waals surface area contributed by atoms with E-state index in [0.717, 1.165) is 25.4 Å². The van der Waals surface area contributed by atoms with Crippen molar-refractivity contribution < 1.29 is 8.78 Å². The minimum Gasteiger partial charge on any atom is -0.307 e. The first-order chi connectivity index (χ1) is 8.19. The number of alkyl halides is 2. The minimum absolute atomic E-state index is 0.153. The van der Waals surface area contributed by atoms with Crippen LogP contribution in [-0.4, -0.2) is 43.0 Å². The molecule has 4 heteroatoms. The van der Waals surface area contributed by atoms with E-state index in [4.69, 9.17) is 0 Å². The highest BCUT2D eigenvalue weighted by atomic mass is 19.3. The Morgan fingerprint density at radius 3 is 2.59 bits per heavy atom. The van der Waals surface area contributed by atoms with Crippen molar-refractivity contribution in [3.05, 3.63) is 0 Å². The second kappa shape index (κ2) is 6.10. The molecule has 1 saturated carbocycles. The highest BCUT2D eigenvalue weighted by molar-refractivity contribution is 4.89. The molecular weight excluding hydrogens is 222 g/mol. The molecule has 100 valence electrons. The molecule has 2 aliphatic rings. The Morgan fingerprint density at radius 2 is 2.06 bits per heavy atom. The fourth-order valence-corrected chi connectivity index (χ4v) is 2.99. The first-order valence-electron chi connectivity index (χ1n) is 6.94. The molecule has 0 bridgehead atoms. The van der Waals surface area contributed by atoms with Gasteiger partial charge in [-0.15, -0.1) is 0 Å². The predicted molar refractivity (Wildman–Crippen MR) is 65.4 cm³/mol. The Labute approximate surface area is 103 Å². The zero-order valence-electron chi connectivity index (χ0n) is 10.7. The van der Waals surface area contributed by atoms with Crippen LogP contribution in [0.25, 0.3) is 0 Å². The first kappa shape index (κ1) is 13.2. The van der Waals surface area contributed by atoms with Crippen LogP contribution in [0.2, 0.25) is 0 Å². The summed E-state index contributed by atoms with van der Waals surface area (Å²) in [5, 5.41) is 3.03. The van der Waals surface area contributed by atoms with Crippen LogP contribution in [0, 0.1) is 5.92 Å². The lowest BCUT2D eigenvalue weighted by molar-refractivity contribution is 0.0512. The van der Waals surface area contributed by atoms with Crippen molar-refractivity contribution >= 4 is 0 Å². The van der Waals surface area contributed by atoms with Gasteiger partial charge in [0, 0.05) is 25.2 Å². The molecule has 2 unspecified atom stereocenters. The summed E-state index contributed by atoms with van der Waals surface area (Å²) in [7, 11) is 0. The first-order valence-corrected chi connectivity index (χ1v) is 6.94. The van der Waals surface area contributed by atoms with Crippen molar-refractivity contribution in [3.8, 4) is 0 Å². The summed E-state index contributed by atoms with van der Waals surface area (Å²) in [6.45, 7) is 4.20. The molecule has 17 heavy (non-hydrogen) atoms. The molecule has 1 aliphatic carbocycles. The van der Waals surface area contributed by atoms with Crippen LogP contribution >= 0.6 is 0 Å². The van der Waals surface area contributed by atoms with Crippen LogP contribution in [0.5, 0.6) is 0 Å². The molecule has 0 radical (unpaired) electrons. The lowest BCUT2D eigenvalue weighted by Crippen LogP contribution is -2.54. The Balaban J connectivity index is 1.83. The summed E-state index contributed by atoms with van der Waals surface area (Å²) in [4.78, 5) is 2.53. The number of hydrogen-bond donors (Lipinski definition) is 1. The summed E-state index contributed by atoms with van der Waals surface area (Å²) in [6, 6.07) is 1.00. The molecule has 0 amide bonds. The van der Waals surface area contributed by atoms with Crippen molar-refractivity contribution in [2.75, 3.05) is 19.6 Å². The molecule has 1 aliphatic heterocycles. The summed E-state index contributed by atoms with van der Waals surface area (Å²) in [5.74, 6) is 0.680. The Morgan fingerprint density at radius 1 is 1.29 bits per heavy atom. The van der Waals surface area contributed by atoms with Crippen LogP contribution in [0.1, 0.15) is 39.0 Å². The fourth-order valence-electron chi connectivity index (χ4n) is 2.99. The molecule has 2 rings (SSSR count). The van der Waals surface area contributed by atoms with E-state index >= 15 is 0 Å². The predicted octanol–water partition coefficient (Wildman–Crippen LogP) is 2.49.